The smallest absolute Gasteiger partial charge is 0.495 e. The molecule has 0 aliphatic carbocycles. The molecular weight excluding hydrogens is 263 g/mol. The molecule has 0 heterocycles. The quantitative estimate of drug-likeness (QED) is 0.897. The fourth-order valence-electron chi connectivity index (χ4n) is 1.08. The molecule has 0 saturated carbocycles. The summed E-state index contributed by atoms with van der Waals surface area (Å²) in [4.78, 5) is -0.422. The lowest BCUT2D eigenvalue weighted by Crippen LogP contribution is -2.18. The molecule has 0 aromatic heterocycles. The number of hydrogen-bond donors (Lipinski definition) is 1. The highest BCUT2D eigenvalue weighted by molar-refractivity contribution is 7.89. The lowest BCUT2D eigenvalue weighted by molar-refractivity contribution is -0.274. The fourth-order valence-corrected chi connectivity index (χ4v) is 1.76. The van der Waals surface area contributed by atoms with Crippen LogP contribution < -0.4 is 14.6 Å². The molecule has 1 aromatic rings. The van der Waals surface area contributed by atoms with Gasteiger partial charge in [0.05, 0.1) is 7.11 Å². The fraction of sp³-hybridized carbons (Fsp3) is 0.250. The van der Waals surface area contributed by atoms with Crippen LogP contribution >= 0.6 is 0 Å². The van der Waals surface area contributed by atoms with Gasteiger partial charge in [-0.2, -0.15) is 0 Å². The van der Waals surface area contributed by atoms with E-state index in [0.717, 1.165) is 25.3 Å². The first-order chi connectivity index (χ1) is 7.63. The SMILES string of the molecule is COc1cc(OC(F)(F)F)ccc1S(N)(=O)=O. The maximum Gasteiger partial charge on any atom is 0.573 e. The maximum atomic E-state index is 11.9. The Morgan fingerprint density at radius 1 is 1.29 bits per heavy atom. The van der Waals surface area contributed by atoms with Crippen LogP contribution in [0.5, 0.6) is 11.5 Å². The minimum absolute atomic E-state index is 0.325. The van der Waals surface area contributed by atoms with Crippen LogP contribution in [0.15, 0.2) is 23.1 Å². The molecule has 0 aliphatic heterocycles. The van der Waals surface area contributed by atoms with E-state index in [1.165, 1.54) is 0 Å². The summed E-state index contributed by atoms with van der Waals surface area (Å²) in [6.45, 7) is 0. The second kappa shape index (κ2) is 4.41. The first kappa shape index (κ1) is 13.6. The molecule has 0 bridgehead atoms. The van der Waals surface area contributed by atoms with Gasteiger partial charge in [0.25, 0.3) is 0 Å². The van der Waals surface area contributed by atoms with Gasteiger partial charge in [-0.1, -0.05) is 0 Å². The van der Waals surface area contributed by atoms with Gasteiger partial charge in [-0.05, 0) is 12.1 Å². The Kier molecular flexibility index (Phi) is 3.53. The van der Waals surface area contributed by atoms with E-state index < -0.39 is 27.0 Å². The predicted octanol–water partition coefficient (Wildman–Crippen LogP) is 1.24. The van der Waals surface area contributed by atoms with E-state index in [1.54, 1.807) is 0 Å². The molecule has 0 atom stereocenters. The number of ether oxygens (including phenoxy) is 2. The summed E-state index contributed by atoms with van der Waals surface area (Å²) in [5, 5.41) is 4.84. The van der Waals surface area contributed by atoms with Crippen LogP contribution in [0.4, 0.5) is 13.2 Å². The summed E-state index contributed by atoms with van der Waals surface area (Å²) >= 11 is 0. The van der Waals surface area contributed by atoms with E-state index in [9.17, 15) is 21.6 Å². The third-order valence-electron chi connectivity index (χ3n) is 1.68. The van der Waals surface area contributed by atoms with Gasteiger partial charge in [-0.25, -0.2) is 13.6 Å². The van der Waals surface area contributed by atoms with Gasteiger partial charge >= 0.3 is 6.36 Å². The number of benzene rings is 1. The van der Waals surface area contributed by atoms with Gasteiger partial charge in [0.2, 0.25) is 10.0 Å². The van der Waals surface area contributed by atoms with E-state index >= 15 is 0 Å². The molecule has 0 saturated heterocycles. The zero-order chi connectivity index (χ0) is 13.3. The summed E-state index contributed by atoms with van der Waals surface area (Å²) in [7, 11) is -2.97. The molecule has 0 fully saturated rings. The van der Waals surface area contributed by atoms with Gasteiger partial charge in [0, 0.05) is 6.07 Å². The Bertz CT molecular complexity index is 512. The van der Waals surface area contributed by atoms with Crippen molar-refractivity contribution in [1.82, 2.24) is 0 Å². The molecule has 9 heteroatoms. The molecule has 1 aromatic carbocycles. The molecular formula is C8H8F3NO4S. The minimum atomic E-state index is -4.87. The summed E-state index contributed by atoms with van der Waals surface area (Å²) in [6.07, 6.45) is -4.87. The molecule has 0 radical (unpaired) electrons. The maximum absolute atomic E-state index is 11.9. The van der Waals surface area contributed by atoms with Crippen LogP contribution in [0.1, 0.15) is 0 Å². The van der Waals surface area contributed by atoms with E-state index in [4.69, 9.17) is 5.14 Å². The Hall–Kier alpha value is -1.48. The lowest BCUT2D eigenvalue weighted by atomic mass is 10.3. The van der Waals surface area contributed by atoms with Crippen molar-refractivity contribution in [2.45, 2.75) is 11.3 Å². The lowest BCUT2D eigenvalue weighted by Gasteiger charge is -2.11. The minimum Gasteiger partial charge on any atom is -0.495 e. The van der Waals surface area contributed by atoms with Gasteiger partial charge in [-0.3, -0.25) is 0 Å². The highest BCUT2D eigenvalue weighted by atomic mass is 32.2. The number of halogens is 3. The number of hydrogen-bond acceptors (Lipinski definition) is 4. The molecule has 5 nitrogen and oxygen atoms in total. The van der Waals surface area contributed by atoms with E-state index in [2.05, 4.69) is 9.47 Å². The normalized spacial score (nSPS) is 12.3. The molecule has 0 amide bonds. The van der Waals surface area contributed by atoms with Crippen LogP contribution in [-0.4, -0.2) is 21.9 Å². The van der Waals surface area contributed by atoms with Gasteiger partial charge in [-0.15, -0.1) is 13.2 Å². The molecule has 96 valence electrons. The molecule has 0 aliphatic rings. The van der Waals surface area contributed by atoms with Gasteiger partial charge in [0.1, 0.15) is 16.4 Å². The Balaban J connectivity index is 3.19. The third kappa shape index (κ3) is 3.79. The van der Waals surface area contributed by atoms with Crippen LogP contribution in [0.3, 0.4) is 0 Å². The number of primary sulfonamides is 1. The van der Waals surface area contributed by atoms with Crippen molar-refractivity contribution < 1.29 is 31.1 Å². The Morgan fingerprint density at radius 3 is 2.29 bits per heavy atom. The third-order valence-corrected chi connectivity index (χ3v) is 2.63. The van der Waals surface area contributed by atoms with Crippen LogP contribution in [0.25, 0.3) is 0 Å². The highest BCUT2D eigenvalue weighted by Gasteiger charge is 2.31. The average Bonchev–Trinajstić information content (AvgIpc) is 2.13. The first-order valence-corrected chi connectivity index (χ1v) is 5.65. The zero-order valence-electron chi connectivity index (χ0n) is 8.48. The Morgan fingerprint density at radius 2 is 1.88 bits per heavy atom. The molecule has 0 spiro atoms. The van der Waals surface area contributed by atoms with Crippen molar-refractivity contribution in [1.29, 1.82) is 0 Å². The van der Waals surface area contributed by atoms with Crippen molar-refractivity contribution >= 4 is 10.0 Å². The van der Waals surface area contributed by atoms with E-state index in [-0.39, 0.29) is 5.75 Å². The number of alkyl halides is 3. The number of rotatable bonds is 3. The van der Waals surface area contributed by atoms with Gasteiger partial charge < -0.3 is 9.47 Å². The van der Waals surface area contributed by atoms with Crippen molar-refractivity contribution in [3.8, 4) is 11.5 Å². The van der Waals surface area contributed by atoms with E-state index in [1.807, 2.05) is 0 Å². The van der Waals surface area contributed by atoms with E-state index in [0.29, 0.717) is 0 Å². The second-order valence-electron chi connectivity index (χ2n) is 2.91. The molecule has 17 heavy (non-hydrogen) atoms. The summed E-state index contributed by atoms with van der Waals surface area (Å²) in [6, 6.07) is 2.48. The van der Waals surface area contributed by atoms with Gasteiger partial charge in [0.15, 0.2) is 0 Å². The van der Waals surface area contributed by atoms with Crippen LogP contribution in [-0.2, 0) is 10.0 Å². The average molecular weight is 271 g/mol. The van der Waals surface area contributed by atoms with Crippen molar-refractivity contribution in [2.75, 3.05) is 7.11 Å². The standard InChI is InChI=1S/C8H8F3NO4S/c1-15-6-4-5(16-8(9,10)11)2-3-7(6)17(12,13)14/h2-4H,1H3,(H2,12,13,14). The van der Waals surface area contributed by atoms with Crippen LogP contribution in [0.2, 0.25) is 0 Å². The van der Waals surface area contributed by atoms with Crippen molar-refractivity contribution in [3.63, 3.8) is 0 Å². The largest absolute Gasteiger partial charge is 0.573 e. The molecule has 0 unspecified atom stereocenters. The highest BCUT2D eigenvalue weighted by Crippen LogP contribution is 2.30. The number of nitrogens with two attached hydrogens (primary N) is 1. The monoisotopic (exact) mass is 271 g/mol. The summed E-state index contributed by atoms with van der Waals surface area (Å²) in [5.41, 5.74) is 0. The van der Waals surface area contributed by atoms with Crippen LogP contribution in [0, 0.1) is 0 Å². The van der Waals surface area contributed by atoms with Crippen molar-refractivity contribution in [3.05, 3.63) is 18.2 Å². The summed E-state index contributed by atoms with van der Waals surface area (Å²) in [5.74, 6) is -0.920. The Labute approximate surface area is 95.0 Å². The van der Waals surface area contributed by atoms with Crippen molar-refractivity contribution in [2.24, 2.45) is 5.14 Å². The first-order valence-electron chi connectivity index (χ1n) is 4.10. The molecule has 1 rings (SSSR count). The summed E-state index contributed by atoms with van der Waals surface area (Å²) < 4.78 is 66.0. The zero-order valence-corrected chi connectivity index (χ0v) is 9.30. The number of methoxy groups -OCH3 is 1. The molecule has 2 N–H and O–H groups in total. The topological polar surface area (TPSA) is 78.6 Å². The predicted molar refractivity (Wildman–Crippen MR) is 51.1 cm³/mol. The second-order valence-corrected chi connectivity index (χ2v) is 4.44. The number of sulfonamides is 1.